The number of fused-ring (bicyclic) bond motifs is 1. The number of nitrogens with one attached hydrogen (secondary N) is 3. The van der Waals surface area contributed by atoms with Crippen molar-refractivity contribution in [2.75, 3.05) is 10.6 Å². The highest BCUT2D eigenvalue weighted by atomic mass is 32.2. The predicted molar refractivity (Wildman–Crippen MR) is 119 cm³/mol. The number of aromatic nitrogens is 3. The fraction of sp³-hybridized carbons (Fsp3) is 0.0952. The SMILES string of the molecule is Cc1ccc(Nc2ncc(F)c(Nc3cccc4c(CC#N)c[nH]c34)n2)cc1S(N)(=O)=O. The number of halogens is 1. The number of nitriles is 1. The maximum atomic E-state index is 14.4. The molecular formula is C21H18FN7O2S. The predicted octanol–water partition coefficient (Wildman–Crippen LogP) is 3.61. The number of benzene rings is 2. The second-order valence-corrected chi connectivity index (χ2v) is 8.57. The van der Waals surface area contributed by atoms with Crippen molar-refractivity contribution in [3.05, 3.63) is 65.7 Å². The zero-order chi connectivity index (χ0) is 22.9. The zero-order valence-corrected chi connectivity index (χ0v) is 17.7. The molecule has 162 valence electrons. The van der Waals surface area contributed by atoms with Crippen LogP contribution in [-0.2, 0) is 16.4 Å². The highest BCUT2D eigenvalue weighted by Crippen LogP contribution is 2.29. The van der Waals surface area contributed by atoms with E-state index in [-0.39, 0.29) is 23.1 Å². The molecule has 4 aromatic rings. The lowest BCUT2D eigenvalue weighted by Gasteiger charge is -2.11. The second-order valence-electron chi connectivity index (χ2n) is 7.04. The fourth-order valence-corrected chi connectivity index (χ4v) is 4.11. The number of nitrogens with zero attached hydrogens (tertiary/aromatic N) is 3. The number of nitrogens with two attached hydrogens (primary N) is 1. The summed E-state index contributed by atoms with van der Waals surface area (Å²) in [5.41, 5.74) is 2.99. The Hall–Kier alpha value is -4.01. The molecule has 11 heteroatoms. The fourth-order valence-electron chi connectivity index (χ4n) is 3.30. The number of H-pyrrole nitrogens is 1. The van der Waals surface area contributed by atoms with E-state index in [1.54, 1.807) is 37.4 Å². The van der Waals surface area contributed by atoms with Gasteiger partial charge >= 0.3 is 0 Å². The first-order valence-electron chi connectivity index (χ1n) is 9.42. The minimum atomic E-state index is -3.90. The maximum Gasteiger partial charge on any atom is 0.238 e. The number of rotatable bonds is 6. The monoisotopic (exact) mass is 451 g/mol. The zero-order valence-electron chi connectivity index (χ0n) is 16.8. The molecule has 0 fully saturated rings. The highest BCUT2D eigenvalue weighted by Gasteiger charge is 2.14. The third kappa shape index (κ3) is 4.22. The summed E-state index contributed by atoms with van der Waals surface area (Å²) >= 11 is 0. The number of hydrogen-bond donors (Lipinski definition) is 4. The van der Waals surface area contributed by atoms with E-state index in [4.69, 9.17) is 10.4 Å². The quantitative estimate of drug-likeness (QED) is 0.350. The van der Waals surface area contributed by atoms with Gasteiger partial charge in [0.15, 0.2) is 11.6 Å². The summed E-state index contributed by atoms with van der Waals surface area (Å²) in [4.78, 5) is 11.2. The molecule has 0 atom stereocenters. The Morgan fingerprint density at radius 2 is 2.06 bits per heavy atom. The maximum absolute atomic E-state index is 14.4. The van der Waals surface area contributed by atoms with E-state index in [0.717, 1.165) is 17.1 Å². The number of aryl methyl sites for hydroxylation is 1. The van der Waals surface area contributed by atoms with Crippen LogP contribution in [0.15, 0.2) is 53.7 Å². The van der Waals surface area contributed by atoms with E-state index < -0.39 is 15.8 Å². The molecule has 2 aromatic carbocycles. The van der Waals surface area contributed by atoms with Gasteiger partial charge in [0.25, 0.3) is 0 Å². The summed E-state index contributed by atoms with van der Waals surface area (Å²) in [5, 5.41) is 20.9. The van der Waals surface area contributed by atoms with Gasteiger partial charge in [0.2, 0.25) is 16.0 Å². The van der Waals surface area contributed by atoms with Crippen molar-refractivity contribution in [2.45, 2.75) is 18.2 Å². The van der Waals surface area contributed by atoms with Gasteiger partial charge in [-0.25, -0.2) is 22.9 Å². The number of aromatic amines is 1. The van der Waals surface area contributed by atoms with Crippen LogP contribution in [-0.4, -0.2) is 23.4 Å². The number of sulfonamides is 1. The van der Waals surface area contributed by atoms with E-state index in [0.29, 0.717) is 22.5 Å². The summed E-state index contributed by atoms with van der Waals surface area (Å²) in [6.07, 6.45) is 2.99. The molecule has 0 saturated carbocycles. The first-order chi connectivity index (χ1) is 15.3. The van der Waals surface area contributed by atoms with Gasteiger partial charge in [-0.05, 0) is 36.2 Å². The summed E-state index contributed by atoms with van der Waals surface area (Å²) in [5.74, 6) is -0.697. The lowest BCUT2D eigenvalue weighted by Crippen LogP contribution is -2.14. The molecule has 0 aliphatic carbocycles. The third-order valence-corrected chi connectivity index (χ3v) is 5.87. The van der Waals surface area contributed by atoms with Gasteiger partial charge in [-0.15, -0.1) is 0 Å². The number of para-hydroxylation sites is 1. The molecule has 0 radical (unpaired) electrons. The second kappa shape index (κ2) is 8.26. The van der Waals surface area contributed by atoms with Crippen LogP contribution >= 0.6 is 0 Å². The average Bonchev–Trinajstić information content (AvgIpc) is 3.15. The Morgan fingerprint density at radius 3 is 2.81 bits per heavy atom. The number of primary sulfonamides is 1. The molecule has 9 nitrogen and oxygen atoms in total. The molecule has 4 rings (SSSR count). The Kier molecular flexibility index (Phi) is 5.48. The highest BCUT2D eigenvalue weighted by molar-refractivity contribution is 7.89. The number of hydrogen-bond acceptors (Lipinski definition) is 7. The van der Waals surface area contributed by atoms with Gasteiger partial charge < -0.3 is 15.6 Å². The largest absolute Gasteiger partial charge is 0.359 e. The third-order valence-electron chi connectivity index (χ3n) is 4.82. The van der Waals surface area contributed by atoms with Crippen molar-refractivity contribution >= 4 is 44.1 Å². The van der Waals surface area contributed by atoms with Crippen molar-refractivity contribution in [1.29, 1.82) is 5.26 Å². The van der Waals surface area contributed by atoms with Crippen molar-refractivity contribution in [2.24, 2.45) is 5.14 Å². The molecule has 0 aliphatic rings. The van der Waals surface area contributed by atoms with Gasteiger partial charge in [0, 0.05) is 17.3 Å². The summed E-state index contributed by atoms with van der Waals surface area (Å²) < 4.78 is 37.9. The van der Waals surface area contributed by atoms with Gasteiger partial charge in [-0.2, -0.15) is 10.2 Å². The van der Waals surface area contributed by atoms with Crippen molar-refractivity contribution in [3.8, 4) is 6.07 Å². The van der Waals surface area contributed by atoms with E-state index >= 15 is 0 Å². The molecule has 2 aromatic heterocycles. The Balaban J connectivity index is 1.65. The Morgan fingerprint density at radius 1 is 1.25 bits per heavy atom. The smallest absolute Gasteiger partial charge is 0.238 e. The first-order valence-corrected chi connectivity index (χ1v) is 11.0. The molecule has 0 amide bonds. The van der Waals surface area contributed by atoms with Crippen LogP contribution in [0.25, 0.3) is 10.9 Å². The van der Waals surface area contributed by atoms with Gasteiger partial charge in [0.05, 0.1) is 34.8 Å². The van der Waals surface area contributed by atoms with E-state index in [1.807, 2.05) is 6.07 Å². The average molecular weight is 451 g/mol. The minimum Gasteiger partial charge on any atom is -0.359 e. The van der Waals surface area contributed by atoms with Gasteiger partial charge in [0.1, 0.15) is 0 Å². The molecule has 0 unspecified atom stereocenters. The lowest BCUT2D eigenvalue weighted by atomic mass is 10.1. The van der Waals surface area contributed by atoms with Crippen LogP contribution in [0.4, 0.5) is 27.5 Å². The molecule has 32 heavy (non-hydrogen) atoms. The van der Waals surface area contributed by atoms with Crippen LogP contribution in [0.1, 0.15) is 11.1 Å². The van der Waals surface area contributed by atoms with E-state index in [2.05, 4.69) is 31.7 Å². The Labute approximate surface area is 183 Å². The van der Waals surface area contributed by atoms with Crippen LogP contribution in [0, 0.1) is 24.1 Å². The molecule has 0 saturated heterocycles. The number of anilines is 4. The molecule has 0 bridgehead atoms. The first kappa shape index (κ1) is 21.2. The summed E-state index contributed by atoms with van der Waals surface area (Å²) in [6, 6.07) is 12.1. The van der Waals surface area contributed by atoms with Crippen molar-refractivity contribution < 1.29 is 12.8 Å². The topological polar surface area (TPSA) is 150 Å². The minimum absolute atomic E-state index is 0.0328. The molecule has 2 heterocycles. The van der Waals surface area contributed by atoms with Gasteiger partial charge in [-0.1, -0.05) is 18.2 Å². The Bertz CT molecular complexity index is 1480. The molecule has 0 spiro atoms. The van der Waals surface area contributed by atoms with Crippen LogP contribution in [0.2, 0.25) is 0 Å². The van der Waals surface area contributed by atoms with Crippen molar-refractivity contribution in [3.63, 3.8) is 0 Å². The molecule has 0 aliphatic heterocycles. The molecular weight excluding hydrogens is 433 g/mol. The van der Waals surface area contributed by atoms with E-state index in [1.165, 1.54) is 6.07 Å². The summed E-state index contributed by atoms with van der Waals surface area (Å²) in [7, 11) is -3.90. The van der Waals surface area contributed by atoms with E-state index in [9.17, 15) is 12.8 Å². The molecule has 5 N–H and O–H groups in total. The van der Waals surface area contributed by atoms with Crippen LogP contribution in [0.3, 0.4) is 0 Å². The van der Waals surface area contributed by atoms with Crippen molar-refractivity contribution in [1.82, 2.24) is 15.0 Å². The lowest BCUT2D eigenvalue weighted by molar-refractivity contribution is 0.597. The van der Waals surface area contributed by atoms with Crippen LogP contribution in [0.5, 0.6) is 0 Å². The standard InChI is InChI=1S/C21H18FN7O2S/c1-12-5-6-14(9-18(12)32(24,30)31)27-21-26-11-16(22)20(29-21)28-17-4-2-3-15-13(7-8-23)10-25-19(15)17/h2-6,9-11,25H,7H2,1H3,(H2,24,30,31)(H2,26,27,28,29). The normalized spacial score (nSPS) is 11.3. The van der Waals surface area contributed by atoms with Gasteiger partial charge in [-0.3, -0.25) is 0 Å². The van der Waals surface area contributed by atoms with Crippen LogP contribution < -0.4 is 15.8 Å². The summed E-state index contributed by atoms with van der Waals surface area (Å²) in [6.45, 7) is 1.63.